The molecule has 1 aliphatic heterocycles. The topological polar surface area (TPSA) is 70.1 Å². The Morgan fingerprint density at radius 2 is 1.63 bits per heavy atom. The maximum Gasteiger partial charge on any atom is 0.410 e. The minimum Gasteiger partial charge on any atom is -0.481 e. The molecule has 150 valence electrons. The molecule has 0 aromatic heterocycles. The Bertz CT molecular complexity index is 597. The van der Waals surface area contributed by atoms with Crippen molar-refractivity contribution in [2.24, 2.45) is 11.8 Å². The number of benzene rings is 1. The van der Waals surface area contributed by atoms with E-state index in [0.29, 0.717) is 25.6 Å². The Hall–Kier alpha value is -1.79. The molecule has 0 spiro atoms. The van der Waals surface area contributed by atoms with Crippen LogP contribution < -0.4 is 0 Å². The summed E-state index contributed by atoms with van der Waals surface area (Å²) in [5, 5.41) is 9.08. The standard InChI is InChI=1S/C20H28N2O4.ClH/c23-19(24)18-8-6-16(7-9-18)14-21-10-12-22(13-11-21)20(25)26-15-17-4-2-1-3-5-17;/h1-5,16,18H,6-15H2,(H,23,24);1H. The van der Waals surface area contributed by atoms with Crippen LogP contribution >= 0.6 is 12.4 Å². The second-order valence-electron chi connectivity index (χ2n) is 7.38. The molecule has 0 atom stereocenters. The Balaban J connectivity index is 0.00000261. The number of rotatable bonds is 5. The highest BCUT2D eigenvalue weighted by Gasteiger charge is 2.28. The summed E-state index contributed by atoms with van der Waals surface area (Å²) in [7, 11) is 0. The SMILES string of the molecule is Cl.O=C(O)C1CCC(CN2CCN(C(=O)OCc3ccccc3)CC2)CC1. The first kappa shape index (κ1) is 21.5. The van der Waals surface area contributed by atoms with Gasteiger partial charge in [-0.15, -0.1) is 12.4 Å². The van der Waals surface area contributed by atoms with Gasteiger partial charge in [0.25, 0.3) is 0 Å². The van der Waals surface area contributed by atoms with E-state index in [1.165, 1.54) is 0 Å². The number of carbonyl (C=O) groups is 2. The maximum absolute atomic E-state index is 12.2. The average molecular weight is 397 g/mol. The van der Waals surface area contributed by atoms with E-state index >= 15 is 0 Å². The molecule has 27 heavy (non-hydrogen) atoms. The maximum atomic E-state index is 12.2. The Morgan fingerprint density at radius 1 is 1.00 bits per heavy atom. The van der Waals surface area contributed by atoms with Gasteiger partial charge in [0.05, 0.1) is 5.92 Å². The number of piperazine rings is 1. The molecule has 3 rings (SSSR count). The van der Waals surface area contributed by atoms with Gasteiger partial charge in [0.1, 0.15) is 6.61 Å². The highest BCUT2D eigenvalue weighted by Crippen LogP contribution is 2.29. The number of halogens is 1. The van der Waals surface area contributed by atoms with Crippen molar-refractivity contribution in [2.75, 3.05) is 32.7 Å². The van der Waals surface area contributed by atoms with E-state index in [-0.39, 0.29) is 24.4 Å². The molecule has 2 aliphatic rings. The van der Waals surface area contributed by atoms with Gasteiger partial charge in [0.2, 0.25) is 0 Å². The summed E-state index contributed by atoms with van der Waals surface area (Å²) in [6.07, 6.45) is 3.35. The van der Waals surface area contributed by atoms with Gasteiger partial charge in [-0.2, -0.15) is 0 Å². The van der Waals surface area contributed by atoms with E-state index < -0.39 is 5.97 Å². The van der Waals surface area contributed by atoms with Gasteiger partial charge in [0, 0.05) is 32.7 Å². The molecule has 1 heterocycles. The number of amides is 1. The predicted molar refractivity (Wildman–Crippen MR) is 105 cm³/mol. The number of hydrogen-bond donors (Lipinski definition) is 1. The smallest absolute Gasteiger partial charge is 0.410 e. The quantitative estimate of drug-likeness (QED) is 0.827. The fraction of sp³-hybridized carbons (Fsp3) is 0.600. The molecule has 1 saturated heterocycles. The Morgan fingerprint density at radius 3 is 2.22 bits per heavy atom. The third kappa shape index (κ3) is 6.40. The van der Waals surface area contributed by atoms with Crippen LogP contribution in [0.5, 0.6) is 0 Å². The zero-order chi connectivity index (χ0) is 18.4. The van der Waals surface area contributed by atoms with E-state index in [1.54, 1.807) is 4.90 Å². The largest absolute Gasteiger partial charge is 0.481 e. The molecule has 0 bridgehead atoms. The number of carbonyl (C=O) groups excluding carboxylic acids is 1. The van der Waals surface area contributed by atoms with Gasteiger partial charge >= 0.3 is 12.1 Å². The second kappa shape index (κ2) is 10.5. The van der Waals surface area contributed by atoms with Crippen molar-refractivity contribution in [3.8, 4) is 0 Å². The molecule has 1 aliphatic carbocycles. The van der Waals surface area contributed by atoms with Crippen LogP contribution in [0.2, 0.25) is 0 Å². The van der Waals surface area contributed by atoms with Crippen LogP contribution in [0.1, 0.15) is 31.2 Å². The second-order valence-corrected chi connectivity index (χ2v) is 7.38. The fourth-order valence-electron chi connectivity index (χ4n) is 3.88. The third-order valence-corrected chi connectivity index (χ3v) is 5.55. The summed E-state index contributed by atoms with van der Waals surface area (Å²) in [5.41, 5.74) is 0.997. The molecule has 0 radical (unpaired) electrons. The predicted octanol–water partition coefficient (Wildman–Crippen LogP) is 3.25. The van der Waals surface area contributed by atoms with E-state index in [2.05, 4.69) is 4.90 Å². The van der Waals surface area contributed by atoms with E-state index in [1.807, 2.05) is 30.3 Å². The molecule has 0 unspecified atom stereocenters. The normalized spacial score (nSPS) is 23.3. The number of ether oxygens (including phenoxy) is 1. The van der Waals surface area contributed by atoms with Crippen LogP contribution in [0, 0.1) is 11.8 Å². The van der Waals surface area contributed by atoms with Crippen molar-refractivity contribution in [2.45, 2.75) is 32.3 Å². The van der Waals surface area contributed by atoms with Crippen LogP contribution in [-0.2, 0) is 16.1 Å². The highest BCUT2D eigenvalue weighted by atomic mass is 35.5. The minimum atomic E-state index is -0.647. The lowest BCUT2D eigenvalue weighted by atomic mass is 9.82. The van der Waals surface area contributed by atoms with Crippen molar-refractivity contribution in [3.63, 3.8) is 0 Å². The molecular formula is C20H29ClN2O4. The van der Waals surface area contributed by atoms with Crippen molar-refractivity contribution < 1.29 is 19.4 Å². The summed E-state index contributed by atoms with van der Waals surface area (Å²) >= 11 is 0. The minimum absolute atomic E-state index is 0. The zero-order valence-electron chi connectivity index (χ0n) is 15.6. The van der Waals surface area contributed by atoms with E-state index in [9.17, 15) is 9.59 Å². The van der Waals surface area contributed by atoms with E-state index in [4.69, 9.17) is 9.84 Å². The first-order valence-electron chi connectivity index (χ1n) is 9.52. The zero-order valence-corrected chi connectivity index (χ0v) is 16.4. The van der Waals surface area contributed by atoms with E-state index in [0.717, 1.165) is 50.9 Å². The van der Waals surface area contributed by atoms with Gasteiger partial charge in [-0.25, -0.2) is 4.79 Å². The summed E-state index contributed by atoms with van der Waals surface area (Å²) in [6, 6.07) is 9.71. The first-order chi connectivity index (χ1) is 12.6. The molecule has 7 heteroatoms. The summed E-state index contributed by atoms with van der Waals surface area (Å²) in [4.78, 5) is 27.4. The van der Waals surface area contributed by atoms with Crippen molar-refractivity contribution >= 4 is 24.5 Å². The molecule has 1 amide bonds. The molecule has 2 fully saturated rings. The third-order valence-electron chi connectivity index (χ3n) is 5.55. The molecular weight excluding hydrogens is 368 g/mol. The average Bonchev–Trinajstić information content (AvgIpc) is 2.68. The van der Waals surface area contributed by atoms with Gasteiger partial charge in [-0.1, -0.05) is 30.3 Å². The fourth-order valence-corrected chi connectivity index (χ4v) is 3.88. The van der Waals surface area contributed by atoms with Crippen LogP contribution in [-0.4, -0.2) is 59.7 Å². The number of hydrogen-bond acceptors (Lipinski definition) is 4. The van der Waals surface area contributed by atoms with Crippen molar-refractivity contribution in [1.82, 2.24) is 9.80 Å². The molecule has 1 aromatic carbocycles. The summed E-state index contributed by atoms with van der Waals surface area (Å²) < 4.78 is 5.40. The number of carboxylic acid groups (broad SMARTS) is 1. The molecule has 1 aromatic rings. The van der Waals surface area contributed by atoms with Gasteiger partial charge in [0.15, 0.2) is 0 Å². The Kier molecular flexibility index (Phi) is 8.38. The Labute approximate surface area is 166 Å². The summed E-state index contributed by atoms with van der Waals surface area (Å²) in [6.45, 7) is 4.43. The van der Waals surface area contributed by atoms with Crippen LogP contribution in [0.15, 0.2) is 30.3 Å². The molecule has 1 N–H and O–H groups in total. The lowest BCUT2D eigenvalue weighted by Gasteiger charge is -2.37. The lowest BCUT2D eigenvalue weighted by Crippen LogP contribution is -2.50. The molecule has 6 nitrogen and oxygen atoms in total. The monoisotopic (exact) mass is 396 g/mol. The van der Waals surface area contributed by atoms with Crippen molar-refractivity contribution in [1.29, 1.82) is 0 Å². The molecule has 1 saturated carbocycles. The summed E-state index contributed by atoms with van der Waals surface area (Å²) in [5.74, 6) is -0.212. The highest BCUT2D eigenvalue weighted by molar-refractivity contribution is 5.85. The lowest BCUT2D eigenvalue weighted by molar-refractivity contribution is -0.143. The van der Waals surface area contributed by atoms with Crippen molar-refractivity contribution in [3.05, 3.63) is 35.9 Å². The number of nitrogens with zero attached hydrogens (tertiary/aromatic N) is 2. The van der Waals surface area contributed by atoms with Gasteiger partial charge < -0.3 is 14.7 Å². The first-order valence-corrected chi connectivity index (χ1v) is 9.52. The number of carboxylic acids is 1. The van der Waals surface area contributed by atoms with Gasteiger partial charge in [-0.3, -0.25) is 9.69 Å². The number of aliphatic carboxylic acids is 1. The van der Waals surface area contributed by atoms with Crippen LogP contribution in [0.4, 0.5) is 4.79 Å². The van der Waals surface area contributed by atoms with Crippen LogP contribution in [0.25, 0.3) is 0 Å². The van der Waals surface area contributed by atoms with Crippen LogP contribution in [0.3, 0.4) is 0 Å². The van der Waals surface area contributed by atoms with Gasteiger partial charge in [-0.05, 0) is 37.2 Å².